The van der Waals surface area contributed by atoms with E-state index in [0.29, 0.717) is 0 Å². The summed E-state index contributed by atoms with van der Waals surface area (Å²) in [6.07, 6.45) is 14.1. The van der Waals surface area contributed by atoms with Gasteiger partial charge >= 0.3 is 0 Å². The summed E-state index contributed by atoms with van der Waals surface area (Å²) in [5.74, 6) is 5.46. The molecule has 0 saturated carbocycles. The second-order valence-electron chi connectivity index (χ2n) is 14.9. The van der Waals surface area contributed by atoms with Gasteiger partial charge in [0.2, 0.25) is 0 Å². The van der Waals surface area contributed by atoms with Crippen LogP contribution in [-0.2, 0) is 13.0 Å². The molecule has 0 amide bonds. The number of fused-ring (bicyclic) bond motifs is 1. The van der Waals surface area contributed by atoms with E-state index in [4.69, 9.17) is 9.47 Å². The molecule has 0 bridgehead atoms. The van der Waals surface area contributed by atoms with E-state index in [2.05, 4.69) is 109 Å². The molecule has 3 atom stereocenters. The van der Waals surface area contributed by atoms with Crippen molar-refractivity contribution in [3.63, 3.8) is 0 Å². The molecule has 3 aromatic carbocycles. The molecular weight excluding hydrogens is 550 g/mol. The third-order valence-electron chi connectivity index (χ3n) is 10.3. The van der Waals surface area contributed by atoms with E-state index in [-0.39, 0.29) is 5.60 Å². The molecule has 1 N–H and O–H groups in total. The third-order valence-corrected chi connectivity index (χ3v) is 10.3. The summed E-state index contributed by atoms with van der Waals surface area (Å²) in [4.78, 5) is 0. The van der Waals surface area contributed by atoms with Crippen molar-refractivity contribution >= 4 is 5.69 Å². The van der Waals surface area contributed by atoms with Gasteiger partial charge in [0, 0.05) is 17.8 Å². The normalized spacial score (nSPS) is 17.4. The first-order chi connectivity index (χ1) is 21.5. The van der Waals surface area contributed by atoms with Crippen LogP contribution in [0, 0.1) is 38.5 Å². The quantitative estimate of drug-likeness (QED) is 0.165. The Morgan fingerprint density at radius 3 is 2.02 bits per heavy atom. The topological polar surface area (TPSA) is 30.5 Å². The van der Waals surface area contributed by atoms with Crippen LogP contribution >= 0.6 is 0 Å². The highest BCUT2D eigenvalue weighted by Gasteiger charge is 2.34. The summed E-state index contributed by atoms with van der Waals surface area (Å²) in [6, 6.07) is 18.8. The van der Waals surface area contributed by atoms with Crippen LogP contribution in [0.25, 0.3) is 0 Å². The Hall–Kier alpha value is -2.94. The van der Waals surface area contributed by atoms with Gasteiger partial charge in [0.25, 0.3) is 0 Å². The van der Waals surface area contributed by atoms with E-state index >= 15 is 0 Å². The van der Waals surface area contributed by atoms with Gasteiger partial charge in [-0.3, -0.25) is 0 Å². The number of benzene rings is 3. The van der Waals surface area contributed by atoms with Gasteiger partial charge in [0.15, 0.2) is 0 Å². The number of anilines is 1. The Labute approximate surface area is 275 Å². The molecule has 3 aromatic rings. The fourth-order valence-electron chi connectivity index (χ4n) is 6.97. The predicted molar refractivity (Wildman–Crippen MR) is 193 cm³/mol. The molecule has 0 radical (unpaired) electrons. The van der Waals surface area contributed by atoms with Crippen molar-refractivity contribution in [1.82, 2.24) is 0 Å². The molecule has 45 heavy (non-hydrogen) atoms. The Bertz CT molecular complexity index is 1330. The minimum Gasteiger partial charge on any atom is -0.487 e. The van der Waals surface area contributed by atoms with Gasteiger partial charge in [-0.1, -0.05) is 103 Å². The fourth-order valence-corrected chi connectivity index (χ4v) is 6.97. The summed E-state index contributed by atoms with van der Waals surface area (Å²) in [5.41, 5.74) is 7.19. The minimum atomic E-state index is -0.0910. The standard InChI is InChI=1S/C42H61NO2/c1-30(2)15-12-16-31(3)17-13-18-32(4)19-14-27-42(8)28-26-39-35(7)40(33(5)34(6)41(39)45-42)44-38-24-22-37(23-25-38)43-29-36-20-10-9-11-21-36/h9-11,20-25,30-32,43H,12-19,26-29H2,1-8H3/t31-,32-,42+/m1/s1. The summed E-state index contributed by atoms with van der Waals surface area (Å²) in [5, 5.41) is 3.50. The van der Waals surface area contributed by atoms with Crippen LogP contribution in [0.4, 0.5) is 5.69 Å². The summed E-state index contributed by atoms with van der Waals surface area (Å²) in [6.45, 7) is 19.3. The lowest BCUT2D eigenvalue weighted by Crippen LogP contribution is -2.37. The molecule has 1 heterocycles. The van der Waals surface area contributed by atoms with Crippen molar-refractivity contribution in [3.05, 3.63) is 82.4 Å². The van der Waals surface area contributed by atoms with E-state index in [1.165, 1.54) is 79.2 Å². The first-order valence-electron chi connectivity index (χ1n) is 17.9. The van der Waals surface area contributed by atoms with Crippen LogP contribution in [0.3, 0.4) is 0 Å². The lowest BCUT2D eigenvalue weighted by Gasteiger charge is -2.38. The summed E-state index contributed by atoms with van der Waals surface area (Å²) < 4.78 is 13.4. The SMILES string of the molecule is Cc1c(C)c2c(c(C)c1Oc1ccc(NCc3ccccc3)cc1)CC[C@](C)(CCC[C@H](C)CCC[C@H](C)CCCC(C)C)O2. The number of hydrogen-bond donors (Lipinski definition) is 1. The molecule has 3 nitrogen and oxygen atoms in total. The smallest absolute Gasteiger partial charge is 0.134 e. The maximum Gasteiger partial charge on any atom is 0.134 e. The highest BCUT2D eigenvalue weighted by atomic mass is 16.5. The van der Waals surface area contributed by atoms with Crippen LogP contribution in [0.15, 0.2) is 54.6 Å². The highest BCUT2D eigenvalue weighted by molar-refractivity contribution is 5.60. The van der Waals surface area contributed by atoms with E-state index in [1.54, 1.807) is 0 Å². The molecule has 0 unspecified atom stereocenters. The lowest BCUT2D eigenvalue weighted by atomic mass is 9.83. The Balaban J connectivity index is 1.27. The van der Waals surface area contributed by atoms with Gasteiger partial charge in [-0.15, -0.1) is 0 Å². The second kappa shape index (κ2) is 16.6. The summed E-state index contributed by atoms with van der Waals surface area (Å²) >= 11 is 0. The first kappa shape index (κ1) is 34.9. The predicted octanol–water partition coefficient (Wildman–Crippen LogP) is 12.5. The highest BCUT2D eigenvalue weighted by Crippen LogP contribution is 2.46. The average molecular weight is 612 g/mol. The third kappa shape index (κ3) is 10.3. The monoisotopic (exact) mass is 611 g/mol. The van der Waals surface area contributed by atoms with E-state index in [0.717, 1.165) is 66.5 Å². The molecule has 0 spiro atoms. The Kier molecular flexibility index (Phi) is 12.9. The van der Waals surface area contributed by atoms with Crippen LogP contribution in [0.5, 0.6) is 17.2 Å². The van der Waals surface area contributed by atoms with Crippen molar-refractivity contribution in [2.45, 2.75) is 138 Å². The second-order valence-corrected chi connectivity index (χ2v) is 14.9. The summed E-state index contributed by atoms with van der Waals surface area (Å²) in [7, 11) is 0. The number of hydrogen-bond acceptors (Lipinski definition) is 3. The first-order valence-corrected chi connectivity index (χ1v) is 17.9. The van der Waals surface area contributed by atoms with Crippen molar-refractivity contribution in [1.29, 1.82) is 0 Å². The minimum absolute atomic E-state index is 0.0910. The average Bonchev–Trinajstić information content (AvgIpc) is 3.02. The van der Waals surface area contributed by atoms with Gasteiger partial charge in [0.05, 0.1) is 0 Å². The molecule has 0 aromatic heterocycles. The molecule has 1 aliphatic heterocycles. The molecule has 0 saturated heterocycles. The lowest BCUT2D eigenvalue weighted by molar-refractivity contribution is 0.0512. The molecule has 0 aliphatic carbocycles. The maximum absolute atomic E-state index is 6.88. The van der Waals surface area contributed by atoms with Crippen molar-refractivity contribution < 1.29 is 9.47 Å². The van der Waals surface area contributed by atoms with Gasteiger partial charge in [-0.2, -0.15) is 0 Å². The molecule has 4 rings (SSSR count). The zero-order chi connectivity index (χ0) is 32.4. The Morgan fingerprint density at radius 1 is 0.756 bits per heavy atom. The maximum atomic E-state index is 6.88. The van der Waals surface area contributed by atoms with Crippen LogP contribution in [0.2, 0.25) is 0 Å². The molecule has 1 aliphatic rings. The molecule has 0 fully saturated rings. The van der Waals surface area contributed by atoms with Crippen LogP contribution < -0.4 is 14.8 Å². The zero-order valence-electron chi connectivity index (χ0n) is 29.7. The molecular formula is C42H61NO2. The van der Waals surface area contributed by atoms with Gasteiger partial charge < -0.3 is 14.8 Å². The number of ether oxygens (including phenoxy) is 2. The largest absolute Gasteiger partial charge is 0.487 e. The number of nitrogens with one attached hydrogen (secondary N) is 1. The van der Waals surface area contributed by atoms with E-state index < -0.39 is 0 Å². The van der Waals surface area contributed by atoms with Crippen LogP contribution in [-0.4, -0.2) is 5.60 Å². The van der Waals surface area contributed by atoms with Crippen molar-refractivity contribution in [2.75, 3.05) is 5.32 Å². The van der Waals surface area contributed by atoms with Gasteiger partial charge in [-0.05, 0) is 118 Å². The Morgan fingerprint density at radius 2 is 1.38 bits per heavy atom. The van der Waals surface area contributed by atoms with Crippen molar-refractivity contribution in [2.24, 2.45) is 17.8 Å². The van der Waals surface area contributed by atoms with Crippen LogP contribution in [0.1, 0.15) is 127 Å². The van der Waals surface area contributed by atoms with Crippen molar-refractivity contribution in [3.8, 4) is 17.2 Å². The van der Waals surface area contributed by atoms with E-state index in [1.807, 2.05) is 6.07 Å². The number of rotatable bonds is 17. The fraction of sp³-hybridized carbons (Fsp3) is 0.571. The molecule has 246 valence electrons. The zero-order valence-corrected chi connectivity index (χ0v) is 29.7. The van der Waals surface area contributed by atoms with Gasteiger partial charge in [0.1, 0.15) is 22.8 Å². The molecule has 3 heteroatoms. The van der Waals surface area contributed by atoms with E-state index in [9.17, 15) is 0 Å². The van der Waals surface area contributed by atoms with Gasteiger partial charge in [-0.25, -0.2) is 0 Å².